The predicted octanol–water partition coefficient (Wildman–Crippen LogP) is 4.67. The van der Waals surface area contributed by atoms with Crippen LogP contribution in [-0.2, 0) is 16.0 Å². The highest BCUT2D eigenvalue weighted by Crippen LogP contribution is 2.38. The minimum atomic E-state index is 0.0174. The van der Waals surface area contributed by atoms with Crippen LogP contribution in [-0.4, -0.2) is 73.1 Å². The number of fused-ring (bicyclic) bond motifs is 10. The second kappa shape index (κ2) is 11.4. The molecular weight excluding hydrogens is 466 g/mol. The van der Waals surface area contributed by atoms with Crippen LogP contribution in [0.2, 0.25) is 0 Å². The van der Waals surface area contributed by atoms with Gasteiger partial charge in [0, 0.05) is 43.8 Å². The Balaban J connectivity index is 1.35. The number of piperidine rings is 1. The van der Waals surface area contributed by atoms with E-state index in [4.69, 9.17) is 9.47 Å². The molecule has 196 valence electrons. The Morgan fingerprint density at radius 3 is 2.62 bits per heavy atom. The van der Waals surface area contributed by atoms with Crippen LogP contribution in [0, 0.1) is 5.41 Å². The first-order chi connectivity index (χ1) is 18.1. The predicted molar refractivity (Wildman–Crippen MR) is 144 cm³/mol. The van der Waals surface area contributed by atoms with Crippen molar-refractivity contribution in [3.05, 3.63) is 65.9 Å². The number of hydrogen-bond donors (Lipinski definition) is 1. The third-order valence-electron chi connectivity index (χ3n) is 8.05. The molecule has 6 rings (SSSR count). The standard InChI is InChI=1S/C30H37N3O4/c1-36-22-30-12-6-7-15-32(28(34)20-23-21-31-26-10-4-2-8-24(23)26)18-19-37-27-11-5-3-9-25(27)29(35)33(16-13-30)17-14-30/h2-5,8-11,21,31H,6-7,12-20,22H2,1H3. The number of hydrogen-bond acceptors (Lipinski definition) is 4. The van der Waals surface area contributed by atoms with Crippen LogP contribution in [0.4, 0.5) is 0 Å². The van der Waals surface area contributed by atoms with Crippen molar-refractivity contribution in [3.8, 4) is 5.75 Å². The van der Waals surface area contributed by atoms with Crippen LogP contribution in [0.3, 0.4) is 0 Å². The normalized spacial score (nSPS) is 18.7. The first-order valence-electron chi connectivity index (χ1n) is 13.4. The number of carbonyl (C=O) groups excluding carboxylic acids is 2. The number of carbonyl (C=O) groups is 2. The molecule has 7 nitrogen and oxygen atoms in total. The van der Waals surface area contributed by atoms with Gasteiger partial charge >= 0.3 is 0 Å². The lowest BCUT2D eigenvalue weighted by Gasteiger charge is -2.41. The Morgan fingerprint density at radius 1 is 1.00 bits per heavy atom. The molecule has 2 bridgehead atoms. The highest BCUT2D eigenvalue weighted by molar-refractivity contribution is 5.97. The second-order valence-electron chi connectivity index (χ2n) is 10.4. The first kappa shape index (κ1) is 25.3. The van der Waals surface area contributed by atoms with Crippen molar-refractivity contribution < 1.29 is 19.1 Å². The number of para-hydroxylation sites is 2. The molecule has 2 amide bonds. The SMILES string of the molecule is COCC12CCCCN(C(=O)Cc3c[nH]c4ccccc34)CCOc3ccccc3C(=O)N(CC1)CC2. The zero-order chi connectivity index (χ0) is 25.7. The van der Waals surface area contributed by atoms with E-state index < -0.39 is 0 Å². The summed E-state index contributed by atoms with van der Waals surface area (Å²) in [6, 6.07) is 15.5. The van der Waals surface area contributed by atoms with Crippen LogP contribution in [0.25, 0.3) is 10.9 Å². The monoisotopic (exact) mass is 503 g/mol. The second-order valence-corrected chi connectivity index (χ2v) is 10.4. The number of aromatic nitrogens is 1. The molecule has 1 aromatic heterocycles. The van der Waals surface area contributed by atoms with E-state index in [0.717, 1.165) is 61.7 Å². The molecular formula is C30H37N3O4. The van der Waals surface area contributed by atoms with E-state index in [1.165, 1.54) is 0 Å². The maximum Gasteiger partial charge on any atom is 0.257 e. The number of ether oxygens (including phenoxy) is 2. The summed E-state index contributed by atoms with van der Waals surface area (Å²) in [5.74, 6) is 0.699. The summed E-state index contributed by atoms with van der Waals surface area (Å²) in [6.45, 7) is 3.68. The van der Waals surface area contributed by atoms with E-state index in [-0.39, 0.29) is 17.2 Å². The quantitative estimate of drug-likeness (QED) is 0.562. The number of nitrogens with one attached hydrogen (secondary N) is 1. The Kier molecular flexibility index (Phi) is 7.79. The number of benzene rings is 2. The van der Waals surface area contributed by atoms with Gasteiger partial charge in [-0.1, -0.05) is 36.8 Å². The van der Waals surface area contributed by atoms with E-state index in [1.807, 2.05) is 58.5 Å². The van der Waals surface area contributed by atoms with Crippen molar-refractivity contribution in [2.75, 3.05) is 46.5 Å². The van der Waals surface area contributed by atoms with Crippen LogP contribution in [0.5, 0.6) is 5.75 Å². The van der Waals surface area contributed by atoms with Crippen LogP contribution < -0.4 is 4.74 Å². The molecule has 1 saturated heterocycles. The van der Waals surface area contributed by atoms with Gasteiger partial charge in [-0.2, -0.15) is 0 Å². The molecule has 3 aromatic rings. The molecule has 3 aliphatic rings. The molecule has 0 unspecified atom stereocenters. The molecule has 1 fully saturated rings. The molecule has 7 heteroatoms. The Hall–Kier alpha value is -3.32. The van der Waals surface area contributed by atoms with Crippen molar-refractivity contribution in [2.45, 2.75) is 38.5 Å². The number of nitrogens with zero attached hydrogens (tertiary/aromatic N) is 2. The lowest BCUT2D eigenvalue weighted by atomic mass is 9.75. The molecule has 1 N–H and O–H groups in total. The summed E-state index contributed by atoms with van der Waals surface area (Å²) in [4.78, 5) is 34.0. The molecule has 2 aromatic carbocycles. The van der Waals surface area contributed by atoms with Gasteiger partial charge in [-0.15, -0.1) is 0 Å². The number of H-pyrrole nitrogens is 1. The summed E-state index contributed by atoms with van der Waals surface area (Å²) in [7, 11) is 1.76. The fourth-order valence-electron chi connectivity index (χ4n) is 5.88. The van der Waals surface area contributed by atoms with Crippen molar-refractivity contribution in [3.63, 3.8) is 0 Å². The van der Waals surface area contributed by atoms with E-state index in [1.54, 1.807) is 7.11 Å². The maximum atomic E-state index is 13.5. The molecule has 3 aliphatic heterocycles. The lowest BCUT2D eigenvalue weighted by molar-refractivity contribution is -0.131. The number of aromatic amines is 1. The minimum absolute atomic E-state index is 0.0174. The van der Waals surface area contributed by atoms with Gasteiger partial charge in [0.2, 0.25) is 5.91 Å². The third-order valence-corrected chi connectivity index (χ3v) is 8.05. The van der Waals surface area contributed by atoms with Crippen molar-refractivity contribution in [2.24, 2.45) is 5.41 Å². The molecule has 0 atom stereocenters. The number of amides is 2. The van der Waals surface area contributed by atoms with Crippen LogP contribution >= 0.6 is 0 Å². The Bertz CT molecular complexity index is 1230. The summed E-state index contributed by atoms with van der Waals surface area (Å²) in [6.07, 6.45) is 7.15. The number of methoxy groups -OCH3 is 1. The van der Waals surface area contributed by atoms with Gasteiger partial charge < -0.3 is 24.3 Å². The zero-order valence-electron chi connectivity index (χ0n) is 21.7. The van der Waals surface area contributed by atoms with E-state index >= 15 is 0 Å². The topological polar surface area (TPSA) is 74.9 Å². The molecule has 37 heavy (non-hydrogen) atoms. The third kappa shape index (κ3) is 5.67. The smallest absolute Gasteiger partial charge is 0.257 e. The van der Waals surface area contributed by atoms with Gasteiger partial charge in [-0.25, -0.2) is 0 Å². The van der Waals surface area contributed by atoms with Crippen molar-refractivity contribution in [1.82, 2.24) is 14.8 Å². The Morgan fingerprint density at radius 2 is 1.78 bits per heavy atom. The molecule has 4 heterocycles. The fraction of sp³-hybridized carbons (Fsp3) is 0.467. The van der Waals surface area contributed by atoms with Gasteiger partial charge in [0.05, 0.1) is 25.1 Å². The average molecular weight is 504 g/mol. The fourth-order valence-corrected chi connectivity index (χ4v) is 5.88. The van der Waals surface area contributed by atoms with E-state index in [2.05, 4.69) is 11.1 Å². The van der Waals surface area contributed by atoms with E-state index in [9.17, 15) is 9.59 Å². The summed E-state index contributed by atoms with van der Waals surface area (Å²) in [5, 5.41) is 1.09. The minimum Gasteiger partial charge on any atom is -0.491 e. The van der Waals surface area contributed by atoms with Crippen molar-refractivity contribution >= 4 is 22.7 Å². The van der Waals surface area contributed by atoms with Gasteiger partial charge in [0.15, 0.2) is 0 Å². The van der Waals surface area contributed by atoms with Crippen LogP contribution in [0.1, 0.15) is 48.0 Å². The average Bonchev–Trinajstić information content (AvgIpc) is 3.32. The summed E-state index contributed by atoms with van der Waals surface area (Å²) < 4.78 is 11.8. The Labute approximate surface area is 218 Å². The highest BCUT2D eigenvalue weighted by atomic mass is 16.5. The van der Waals surface area contributed by atoms with E-state index in [0.29, 0.717) is 44.0 Å². The van der Waals surface area contributed by atoms with Crippen molar-refractivity contribution in [1.29, 1.82) is 0 Å². The zero-order valence-corrected chi connectivity index (χ0v) is 21.7. The highest BCUT2D eigenvalue weighted by Gasteiger charge is 2.36. The lowest BCUT2D eigenvalue weighted by Crippen LogP contribution is -2.45. The van der Waals surface area contributed by atoms with Gasteiger partial charge in [-0.3, -0.25) is 9.59 Å². The largest absolute Gasteiger partial charge is 0.491 e. The van der Waals surface area contributed by atoms with Gasteiger partial charge in [-0.05, 0) is 54.9 Å². The molecule has 0 radical (unpaired) electrons. The van der Waals surface area contributed by atoms with Gasteiger partial charge in [0.25, 0.3) is 5.91 Å². The molecule has 0 saturated carbocycles. The summed E-state index contributed by atoms with van der Waals surface area (Å²) in [5.41, 5.74) is 2.73. The first-order valence-corrected chi connectivity index (χ1v) is 13.4. The van der Waals surface area contributed by atoms with Crippen LogP contribution in [0.15, 0.2) is 54.7 Å². The number of rotatable bonds is 4. The molecule has 0 spiro atoms. The van der Waals surface area contributed by atoms with Gasteiger partial charge in [0.1, 0.15) is 12.4 Å². The summed E-state index contributed by atoms with van der Waals surface area (Å²) >= 11 is 0. The maximum absolute atomic E-state index is 13.5. The molecule has 0 aliphatic carbocycles.